The molecule has 19 heavy (non-hydrogen) atoms. The van der Waals surface area contributed by atoms with Gasteiger partial charge in [0.1, 0.15) is 11.6 Å². The summed E-state index contributed by atoms with van der Waals surface area (Å²) in [5.41, 5.74) is 0.488. The van der Waals surface area contributed by atoms with Gasteiger partial charge in [-0.05, 0) is 43.3 Å². The van der Waals surface area contributed by atoms with E-state index in [1.165, 1.54) is 24.3 Å². The second-order valence-corrected chi connectivity index (χ2v) is 4.53. The minimum atomic E-state index is -0.663. The molecule has 0 aromatic heterocycles. The molecule has 0 aliphatic carbocycles. The highest BCUT2D eigenvalue weighted by Crippen LogP contribution is 2.17. The minimum Gasteiger partial charge on any atom is -0.483 e. The van der Waals surface area contributed by atoms with Gasteiger partial charge in [-0.3, -0.25) is 4.79 Å². The number of carbonyl (C=O) groups is 1. The van der Waals surface area contributed by atoms with Crippen molar-refractivity contribution in [3.05, 3.63) is 64.9 Å². The lowest BCUT2D eigenvalue weighted by Gasteiger charge is -2.13. The van der Waals surface area contributed by atoms with Crippen molar-refractivity contribution in [1.82, 2.24) is 0 Å². The number of Topliss-reactive ketones (excluding diaryl/α,β-unsaturated/α-hetero) is 1. The lowest BCUT2D eigenvalue weighted by Crippen LogP contribution is -2.23. The summed E-state index contributed by atoms with van der Waals surface area (Å²) in [5.74, 6) is -0.0720. The summed E-state index contributed by atoms with van der Waals surface area (Å²) in [7, 11) is 0. The van der Waals surface area contributed by atoms with Crippen LogP contribution in [-0.2, 0) is 0 Å². The molecule has 0 fully saturated rings. The lowest BCUT2D eigenvalue weighted by atomic mass is 10.1. The van der Waals surface area contributed by atoms with Gasteiger partial charge in [0.2, 0.25) is 5.78 Å². The molecule has 0 amide bonds. The first kappa shape index (κ1) is 13.6. The first-order valence-electron chi connectivity index (χ1n) is 5.78. The molecule has 0 radical (unpaired) electrons. The molecular formula is C15H12ClFO2. The predicted molar refractivity (Wildman–Crippen MR) is 72.3 cm³/mol. The summed E-state index contributed by atoms with van der Waals surface area (Å²) in [5, 5.41) is 0.500. The molecule has 0 bridgehead atoms. The van der Waals surface area contributed by atoms with E-state index in [0.29, 0.717) is 16.3 Å². The van der Waals surface area contributed by atoms with E-state index in [1.807, 2.05) is 0 Å². The van der Waals surface area contributed by atoms with E-state index >= 15 is 0 Å². The number of rotatable bonds is 4. The van der Waals surface area contributed by atoms with Crippen LogP contribution < -0.4 is 4.74 Å². The largest absolute Gasteiger partial charge is 0.483 e. The van der Waals surface area contributed by atoms with Crippen LogP contribution in [0.1, 0.15) is 17.3 Å². The van der Waals surface area contributed by atoms with Crippen molar-refractivity contribution < 1.29 is 13.9 Å². The van der Waals surface area contributed by atoms with Crippen molar-refractivity contribution in [2.45, 2.75) is 13.0 Å². The van der Waals surface area contributed by atoms with Gasteiger partial charge in [0.05, 0.1) is 0 Å². The van der Waals surface area contributed by atoms with Crippen molar-refractivity contribution in [3.63, 3.8) is 0 Å². The Labute approximate surface area is 115 Å². The Hall–Kier alpha value is -1.87. The molecule has 98 valence electrons. The van der Waals surface area contributed by atoms with Gasteiger partial charge in [0, 0.05) is 10.6 Å². The first-order valence-corrected chi connectivity index (χ1v) is 6.16. The molecule has 2 rings (SSSR count). The molecule has 0 spiro atoms. The topological polar surface area (TPSA) is 26.3 Å². The Morgan fingerprint density at radius 3 is 2.53 bits per heavy atom. The summed E-state index contributed by atoms with van der Waals surface area (Å²) >= 11 is 5.84. The molecule has 1 unspecified atom stereocenters. The van der Waals surface area contributed by atoms with E-state index < -0.39 is 6.10 Å². The van der Waals surface area contributed by atoms with E-state index in [2.05, 4.69) is 0 Å². The van der Waals surface area contributed by atoms with E-state index in [9.17, 15) is 9.18 Å². The van der Waals surface area contributed by atoms with Gasteiger partial charge in [0.25, 0.3) is 0 Å². The zero-order valence-electron chi connectivity index (χ0n) is 10.3. The SMILES string of the molecule is CC(Oc1ccc(F)cc1)C(=O)c1cccc(Cl)c1. The third kappa shape index (κ3) is 3.55. The van der Waals surface area contributed by atoms with Gasteiger partial charge in [-0.1, -0.05) is 23.7 Å². The van der Waals surface area contributed by atoms with Crippen LogP contribution in [0.25, 0.3) is 0 Å². The molecule has 0 aliphatic heterocycles. The zero-order valence-corrected chi connectivity index (χ0v) is 11.0. The van der Waals surface area contributed by atoms with Crippen LogP contribution in [0.3, 0.4) is 0 Å². The Morgan fingerprint density at radius 2 is 1.89 bits per heavy atom. The molecular weight excluding hydrogens is 267 g/mol. The van der Waals surface area contributed by atoms with Crippen LogP contribution in [0, 0.1) is 5.82 Å². The molecule has 2 aromatic carbocycles. The number of hydrogen-bond acceptors (Lipinski definition) is 2. The smallest absolute Gasteiger partial charge is 0.203 e. The second-order valence-electron chi connectivity index (χ2n) is 4.09. The molecule has 4 heteroatoms. The van der Waals surface area contributed by atoms with Crippen LogP contribution in [0.5, 0.6) is 5.75 Å². The normalized spacial score (nSPS) is 11.9. The van der Waals surface area contributed by atoms with E-state index in [4.69, 9.17) is 16.3 Å². The molecule has 0 N–H and O–H groups in total. The van der Waals surface area contributed by atoms with Crippen LogP contribution in [-0.4, -0.2) is 11.9 Å². The van der Waals surface area contributed by atoms with Gasteiger partial charge in [0.15, 0.2) is 6.10 Å². The predicted octanol–water partition coefficient (Wildman–Crippen LogP) is 4.13. The molecule has 0 heterocycles. The average Bonchev–Trinajstić information content (AvgIpc) is 2.40. The zero-order chi connectivity index (χ0) is 13.8. The fraction of sp³-hybridized carbons (Fsp3) is 0.133. The number of benzene rings is 2. The minimum absolute atomic E-state index is 0.174. The van der Waals surface area contributed by atoms with Gasteiger partial charge in [-0.25, -0.2) is 4.39 Å². The Balaban J connectivity index is 2.09. The fourth-order valence-corrected chi connectivity index (χ4v) is 1.84. The number of carbonyl (C=O) groups excluding carboxylic acids is 1. The van der Waals surface area contributed by atoms with Crippen molar-refractivity contribution in [1.29, 1.82) is 0 Å². The molecule has 2 nitrogen and oxygen atoms in total. The summed E-state index contributed by atoms with van der Waals surface area (Å²) < 4.78 is 18.2. The molecule has 1 atom stereocenters. The number of halogens is 2. The summed E-state index contributed by atoms with van der Waals surface area (Å²) in [6.07, 6.45) is -0.663. The van der Waals surface area contributed by atoms with Crippen molar-refractivity contribution in [3.8, 4) is 5.75 Å². The van der Waals surface area contributed by atoms with Crippen molar-refractivity contribution in [2.24, 2.45) is 0 Å². The van der Waals surface area contributed by atoms with E-state index in [0.717, 1.165) is 0 Å². The Morgan fingerprint density at radius 1 is 1.21 bits per heavy atom. The van der Waals surface area contributed by atoms with Gasteiger partial charge >= 0.3 is 0 Å². The van der Waals surface area contributed by atoms with E-state index in [-0.39, 0.29) is 11.6 Å². The second kappa shape index (κ2) is 5.85. The standard InChI is InChI=1S/C15H12ClFO2/c1-10(19-14-7-5-13(17)6-8-14)15(18)11-3-2-4-12(16)9-11/h2-10H,1H3. The number of hydrogen-bond donors (Lipinski definition) is 0. The highest BCUT2D eigenvalue weighted by atomic mass is 35.5. The number of ether oxygens (including phenoxy) is 1. The Bertz CT molecular complexity index is 581. The highest BCUT2D eigenvalue weighted by Gasteiger charge is 2.17. The van der Waals surface area contributed by atoms with Crippen LogP contribution in [0.4, 0.5) is 4.39 Å². The molecule has 0 saturated heterocycles. The quantitative estimate of drug-likeness (QED) is 0.786. The summed E-state index contributed by atoms with van der Waals surface area (Å²) in [6.45, 7) is 1.65. The first-order chi connectivity index (χ1) is 9.06. The average molecular weight is 279 g/mol. The molecule has 0 aliphatic rings. The fourth-order valence-electron chi connectivity index (χ4n) is 1.65. The van der Waals surface area contributed by atoms with Crippen molar-refractivity contribution >= 4 is 17.4 Å². The monoisotopic (exact) mass is 278 g/mol. The highest BCUT2D eigenvalue weighted by molar-refractivity contribution is 6.31. The van der Waals surface area contributed by atoms with Crippen LogP contribution >= 0.6 is 11.6 Å². The lowest BCUT2D eigenvalue weighted by molar-refractivity contribution is 0.0818. The maximum atomic E-state index is 12.8. The maximum Gasteiger partial charge on any atom is 0.203 e. The summed E-state index contributed by atoms with van der Waals surface area (Å²) in [6, 6.07) is 12.2. The van der Waals surface area contributed by atoms with E-state index in [1.54, 1.807) is 31.2 Å². The van der Waals surface area contributed by atoms with Gasteiger partial charge in [-0.15, -0.1) is 0 Å². The summed E-state index contributed by atoms with van der Waals surface area (Å²) in [4.78, 5) is 12.1. The molecule has 0 saturated carbocycles. The Kier molecular flexibility index (Phi) is 4.17. The van der Waals surface area contributed by atoms with Crippen LogP contribution in [0.15, 0.2) is 48.5 Å². The third-order valence-electron chi connectivity index (χ3n) is 2.60. The van der Waals surface area contributed by atoms with Crippen molar-refractivity contribution in [2.75, 3.05) is 0 Å². The maximum absolute atomic E-state index is 12.8. The molecule has 2 aromatic rings. The number of ketones is 1. The third-order valence-corrected chi connectivity index (χ3v) is 2.84. The van der Waals surface area contributed by atoms with Gasteiger partial charge < -0.3 is 4.74 Å². The van der Waals surface area contributed by atoms with Crippen LogP contribution in [0.2, 0.25) is 5.02 Å². The van der Waals surface area contributed by atoms with Gasteiger partial charge in [-0.2, -0.15) is 0 Å².